The number of benzene rings is 2. The van der Waals surface area contributed by atoms with Crippen LogP contribution in [0.3, 0.4) is 0 Å². The van der Waals surface area contributed by atoms with Crippen LogP contribution in [0.15, 0.2) is 78.9 Å². The Hall–Kier alpha value is -3.24. The van der Waals surface area contributed by atoms with Gasteiger partial charge in [0, 0.05) is 20.3 Å². The zero-order valence-corrected chi connectivity index (χ0v) is 28.5. The van der Waals surface area contributed by atoms with E-state index in [1.165, 1.54) is 13.8 Å². The van der Waals surface area contributed by atoms with Crippen LogP contribution in [0.25, 0.3) is 0 Å². The van der Waals surface area contributed by atoms with Crippen LogP contribution in [0.2, 0.25) is 18.1 Å². The summed E-state index contributed by atoms with van der Waals surface area (Å²) in [5.74, 6) is -0.146. The Morgan fingerprint density at radius 3 is 2.00 bits per heavy atom. The van der Waals surface area contributed by atoms with Crippen molar-refractivity contribution in [3.05, 3.63) is 90.0 Å². The number of hydrogen-bond acceptors (Lipinski definition) is 8. The Bertz CT molecular complexity index is 1190. The molecule has 0 unspecified atom stereocenters. The van der Waals surface area contributed by atoms with E-state index >= 15 is 0 Å². The molecule has 8 nitrogen and oxygen atoms in total. The van der Waals surface area contributed by atoms with Crippen LogP contribution >= 0.6 is 0 Å². The highest BCUT2D eigenvalue weighted by atomic mass is 28.4. The number of methoxy groups -OCH3 is 1. The lowest BCUT2D eigenvalue weighted by atomic mass is 10.1. The van der Waals surface area contributed by atoms with Gasteiger partial charge in [-0.15, -0.1) is 0 Å². The minimum atomic E-state index is -2.23. The predicted octanol–water partition coefficient (Wildman–Crippen LogP) is 7.18. The molecule has 0 radical (unpaired) electrons. The standard InChI is InChI=1S/C35H50O8Si/c1-27(36)41-33(34(42-28(2)37)26-40-25-29-15-11-9-12-16-29)23-32(43-44(7,8)35(3,4)5)17-13-10-14-22-39-24-30-18-20-31(38-6)21-19-30/h9-21,32-34H,22-26H2,1-8H3/b14-10+,17-13+/t32-,33+,34+/m0/s1. The van der Waals surface area contributed by atoms with E-state index < -0.39 is 38.6 Å². The van der Waals surface area contributed by atoms with Crippen molar-refractivity contribution in [1.29, 1.82) is 0 Å². The molecule has 0 aliphatic rings. The lowest BCUT2D eigenvalue weighted by Crippen LogP contribution is -2.46. The second-order valence-electron chi connectivity index (χ2n) is 12.1. The Kier molecular flexibility index (Phi) is 15.6. The summed E-state index contributed by atoms with van der Waals surface area (Å²) in [6.45, 7) is 14.9. The molecule has 0 spiro atoms. The van der Waals surface area contributed by atoms with Gasteiger partial charge < -0.3 is 28.1 Å². The SMILES string of the molecule is COc1ccc(COC/C=C/C=C/[C@@H](C[C@@H](OC(C)=O)[C@@H](COCc2ccccc2)OC(C)=O)O[Si](C)(C)C(C)(C)C)cc1. The lowest BCUT2D eigenvalue weighted by Gasteiger charge is -2.39. The average Bonchev–Trinajstić information content (AvgIpc) is 2.95. The molecule has 0 aliphatic carbocycles. The van der Waals surface area contributed by atoms with Crippen LogP contribution in [0, 0.1) is 0 Å². The first-order valence-electron chi connectivity index (χ1n) is 15.0. The number of rotatable bonds is 18. The van der Waals surface area contributed by atoms with Gasteiger partial charge in [0.15, 0.2) is 14.4 Å². The van der Waals surface area contributed by atoms with Gasteiger partial charge in [0.25, 0.3) is 0 Å². The van der Waals surface area contributed by atoms with Gasteiger partial charge >= 0.3 is 11.9 Å². The fourth-order valence-electron chi connectivity index (χ4n) is 4.03. The number of ether oxygens (including phenoxy) is 5. The molecule has 0 amide bonds. The molecule has 3 atom stereocenters. The monoisotopic (exact) mass is 626 g/mol. The molecule has 0 bridgehead atoms. The largest absolute Gasteiger partial charge is 0.497 e. The molecule has 0 aromatic heterocycles. The first-order valence-corrected chi connectivity index (χ1v) is 17.9. The summed E-state index contributed by atoms with van der Waals surface area (Å²) in [4.78, 5) is 24.2. The Morgan fingerprint density at radius 2 is 1.41 bits per heavy atom. The average molecular weight is 627 g/mol. The topological polar surface area (TPSA) is 89.5 Å². The highest BCUT2D eigenvalue weighted by molar-refractivity contribution is 6.74. The summed E-state index contributed by atoms with van der Waals surface area (Å²) in [5.41, 5.74) is 2.05. The molecule has 44 heavy (non-hydrogen) atoms. The van der Waals surface area contributed by atoms with E-state index in [-0.39, 0.29) is 18.1 Å². The first-order chi connectivity index (χ1) is 20.8. The molecular formula is C35H50O8Si. The van der Waals surface area contributed by atoms with E-state index in [1.54, 1.807) is 7.11 Å². The summed E-state index contributed by atoms with van der Waals surface area (Å²) < 4.78 is 35.0. The van der Waals surface area contributed by atoms with Gasteiger partial charge in [-0.1, -0.05) is 87.5 Å². The molecule has 9 heteroatoms. The second-order valence-corrected chi connectivity index (χ2v) is 16.9. The first kappa shape index (κ1) is 36.9. The maximum atomic E-state index is 12.2. The van der Waals surface area contributed by atoms with Gasteiger partial charge in [-0.3, -0.25) is 9.59 Å². The number of carbonyl (C=O) groups excluding carboxylic acids is 2. The maximum absolute atomic E-state index is 12.2. The van der Waals surface area contributed by atoms with Crippen LogP contribution < -0.4 is 4.74 Å². The molecule has 2 aromatic carbocycles. The molecule has 0 fully saturated rings. The van der Waals surface area contributed by atoms with E-state index in [9.17, 15) is 9.59 Å². The minimum Gasteiger partial charge on any atom is -0.497 e. The quantitative estimate of drug-likeness (QED) is 0.0744. The summed E-state index contributed by atoms with van der Waals surface area (Å²) >= 11 is 0. The molecular weight excluding hydrogens is 576 g/mol. The van der Waals surface area contributed by atoms with E-state index in [0.717, 1.165) is 16.9 Å². The van der Waals surface area contributed by atoms with Crippen molar-refractivity contribution in [2.24, 2.45) is 0 Å². The van der Waals surface area contributed by atoms with Crippen LogP contribution in [0.1, 0.15) is 52.2 Å². The Labute approximate surface area is 264 Å². The smallest absolute Gasteiger partial charge is 0.303 e. The lowest BCUT2D eigenvalue weighted by molar-refractivity contribution is -0.172. The molecule has 0 N–H and O–H groups in total. The van der Waals surface area contributed by atoms with E-state index in [0.29, 0.717) is 19.8 Å². The molecule has 0 saturated heterocycles. The van der Waals surface area contributed by atoms with Crippen LogP contribution in [-0.2, 0) is 46.2 Å². The molecule has 0 saturated carbocycles. The van der Waals surface area contributed by atoms with Crippen molar-refractivity contribution in [2.45, 2.75) is 90.7 Å². The third-order valence-corrected chi connectivity index (χ3v) is 11.9. The second kappa shape index (κ2) is 18.5. The highest BCUT2D eigenvalue weighted by Gasteiger charge is 2.40. The van der Waals surface area contributed by atoms with Crippen molar-refractivity contribution in [3.63, 3.8) is 0 Å². The van der Waals surface area contributed by atoms with Gasteiger partial charge in [-0.05, 0) is 41.4 Å². The summed E-state index contributed by atoms with van der Waals surface area (Å²) in [6, 6.07) is 17.5. The van der Waals surface area contributed by atoms with Crippen LogP contribution in [-0.4, -0.2) is 58.9 Å². The van der Waals surface area contributed by atoms with E-state index in [2.05, 4.69) is 33.9 Å². The fraction of sp³-hybridized carbons (Fsp3) is 0.486. The zero-order valence-electron chi connectivity index (χ0n) is 27.5. The van der Waals surface area contributed by atoms with Crippen molar-refractivity contribution >= 4 is 20.3 Å². The van der Waals surface area contributed by atoms with E-state index in [4.69, 9.17) is 28.1 Å². The van der Waals surface area contributed by atoms with Crippen molar-refractivity contribution in [3.8, 4) is 5.75 Å². The van der Waals surface area contributed by atoms with Gasteiger partial charge in [0.1, 0.15) is 11.9 Å². The van der Waals surface area contributed by atoms with Gasteiger partial charge in [0.05, 0.1) is 39.6 Å². The molecule has 2 aromatic rings. The van der Waals surface area contributed by atoms with Gasteiger partial charge in [-0.25, -0.2) is 0 Å². The van der Waals surface area contributed by atoms with E-state index in [1.807, 2.05) is 78.9 Å². The normalized spacial score (nSPS) is 14.4. The van der Waals surface area contributed by atoms with Crippen LogP contribution in [0.4, 0.5) is 0 Å². The summed E-state index contributed by atoms with van der Waals surface area (Å²) in [5, 5.41) is -0.0464. The predicted molar refractivity (Wildman–Crippen MR) is 175 cm³/mol. The number of esters is 2. The molecule has 2 rings (SSSR count). The van der Waals surface area contributed by atoms with Gasteiger partial charge in [0.2, 0.25) is 0 Å². The minimum absolute atomic E-state index is 0.0464. The van der Waals surface area contributed by atoms with Crippen molar-refractivity contribution in [1.82, 2.24) is 0 Å². The molecule has 0 aliphatic heterocycles. The fourth-order valence-corrected chi connectivity index (χ4v) is 5.31. The summed E-state index contributed by atoms with van der Waals surface area (Å²) in [7, 11) is -0.584. The Morgan fingerprint density at radius 1 is 0.818 bits per heavy atom. The third-order valence-electron chi connectivity index (χ3n) is 7.37. The van der Waals surface area contributed by atoms with Crippen molar-refractivity contribution in [2.75, 3.05) is 20.3 Å². The van der Waals surface area contributed by atoms with Crippen molar-refractivity contribution < 1.29 is 37.7 Å². The van der Waals surface area contributed by atoms with Crippen LogP contribution in [0.5, 0.6) is 5.75 Å². The molecule has 0 heterocycles. The summed E-state index contributed by atoms with van der Waals surface area (Å²) in [6.07, 6.45) is 5.99. The number of hydrogen-bond donors (Lipinski definition) is 0. The number of allylic oxidation sites excluding steroid dienone is 2. The zero-order chi connectivity index (χ0) is 32.6. The Balaban J connectivity index is 2.14. The third kappa shape index (κ3) is 14.0. The molecule has 242 valence electrons. The van der Waals surface area contributed by atoms with Gasteiger partial charge in [-0.2, -0.15) is 0 Å². The highest BCUT2D eigenvalue weighted by Crippen LogP contribution is 2.38. The maximum Gasteiger partial charge on any atom is 0.303 e. The number of carbonyl (C=O) groups is 2.